The third kappa shape index (κ3) is 2.69. The molecule has 0 aromatic heterocycles. The van der Waals surface area contributed by atoms with Crippen LogP contribution in [0, 0.1) is 37.7 Å². The summed E-state index contributed by atoms with van der Waals surface area (Å²) in [7, 11) is 0. The maximum Gasteiger partial charge on any atom is 0.103 e. The van der Waals surface area contributed by atoms with Gasteiger partial charge in [0.1, 0.15) is 6.10 Å². The molecule has 1 aliphatic heterocycles. The van der Waals surface area contributed by atoms with Crippen LogP contribution in [0.2, 0.25) is 0 Å². The summed E-state index contributed by atoms with van der Waals surface area (Å²) < 4.78 is 4.79. The van der Waals surface area contributed by atoms with Crippen LogP contribution < -0.4 is 0 Å². The fraction of sp³-hybridized carbons (Fsp3) is 0.833. The van der Waals surface area contributed by atoms with Crippen molar-refractivity contribution in [3.8, 4) is 0 Å². The van der Waals surface area contributed by atoms with E-state index >= 15 is 0 Å². The van der Waals surface area contributed by atoms with Gasteiger partial charge in [-0.25, -0.2) is 0 Å². The molecule has 0 aromatic rings. The molecule has 1 saturated heterocycles. The Labute approximate surface area is 88.9 Å². The zero-order valence-electron chi connectivity index (χ0n) is 6.14. The molecule has 3 N–H and O–H groups in total. The van der Waals surface area contributed by atoms with Crippen LogP contribution in [0.25, 0.3) is 0 Å². The Hall–Kier alpha value is 0.892. The van der Waals surface area contributed by atoms with Gasteiger partial charge >= 0.3 is 0 Å². The minimum Gasteiger partial charge on any atom is -0.545 e. The smallest absolute Gasteiger partial charge is 0.103 e. The predicted molar refractivity (Wildman–Crippen MR) is 32.9 cm³/mol. The number of hydrogen-bond donors (Lipinski definition) is 3. The molecule has 11 heavy (non-hydrogen) atoms. The molecule has 64 valence electrons. The normalized spacial score (nSPS) is 44.7. The summed E-state index contributed by atoms with van der Waals surface area (Å²) in [6.45, 7) is 2.75. The van der Waals surface area contributed by atoms with E-state index in [9.17, 15) is 0 Å². The Kier molecular flexibility index (Phi) is 5.20. The molecule has 0 aromatic carbocycles. The van der Waals surface area contributed by atoms with Gasteiger partial charge in [0.25, 0.3) is 0 Å². The molecule has 1 aliphatic rings. The van der Waals surface area contributed by atoms with Crippen molar-refractivity contribution in [3.05, 3.63) is 6.61 Å². The van der Waals surface area contributed by atoms with Crippen molar-refractivity contribution in [1.82, 2.24) is 0 Å². The monoisotopic (exact) mass is 385 g/mol. The van der Waals surface area contributed by atoms with Crippen LogP contribution in [-0.4, -0.2) is 39.7 Å². The van der Waals surface area contributed by atoms with Crippen molar-refractivity contribution in [2.75, 3.05) is 0 Å². The fourth-order valence-corrected chi connectivity index (χ4v) is 0.845. The van der Waals surface area contributed by atoms with Gasteiger partial charge in [-0.1, -0.05) is 0 Å². The standard InChI is InChI=1S/C6H11O4.U/c1-3-5(8)6(9)4(7)2-10-3;/h2-9H,1H3;/q-1;/t3?,4?,5-,6?;/m0./s1. The zero-order valence-corrected chi connectivity index (χ0v) is 10.3. The molecule has 5 heteroatoms. The van der Waals surface area contributed by atoms with E-state index in [1.54, 1.807) is 6.92 Å². The van der Waals surface area contributed by atoms with E-state index in [1.807, 2.05) is 0 Å². The predicted octanol–water partition coefficient (Wildman–Crippen LogP) is -1.35. The SMILES string of the molecule is CC1O[CH-]C(O)C(O)[C@H]1O.[U]. The first kappa shape index (κ1) is 11.9. The van der Waals surface area contributed by atoms with Gasteiger partial charge in [0.15, 0.2) is 0 Å². The summed E-state index contributed by atoms with van der Waals surface area (Å²) >= 11 is 0. The molecule has 0 saturated carbocycles. The van der Waals surface area contributed by atoms with Crippen molar-refractivity contribution < 1.29 is 51.2 Å². The van der Waals surface area contributed by atoms with Crippen LogP contribution in [0.5, 0.6) is 0 Å². The van der Waals surface area contributed by atoms with Gasteiger partial charge < -0.3 is 20.1 Å². The van der Waals surface area contributed by atoms with Gasteiger partial charge in [-0.05, 0) is 13.0 Å². The summed E-state index contributed by atoms with van der Waals surface area (Å²) in [6, 6.07) is 0. The van der Waals surface area contributed by atoms with E-state index in [1.165, 1.54) is 0 Å². The average Bonchev–Trinajstić information content (AvgIpc) is 1.93. The molecule has 1 rings (SSSR count). The Morgan fingerprint density at radius 3 is 2.18 bits per heavy atom. The molecule has 3 unspecified atom stereocenters. The van der Waals surface area contributed by atoms with Crippen LogP contribution >= 0.6 is 0 Å². The molecule has 0 aliphatic carbocycles. The van der Waals surface area contributed by atoms with E-state index in [4.69, 9.17) is 20.1 Å². The van der Waals surface area contributed by atoms with Gasteiger partial charge in [-0.15, -0.1) is 0 Å². The molecule has 1 heterocycles. The van der Waals surface area contributed by atoms with E-state index in [0.29, 0.717) is 0 Å². The van der Waals surface area contributed by atoms with Crippen LogP contribution in [-0.2, 0) is 4.74 Å². The van der Waals surface area contributed by atoms with E-state index in [2.05, 4.69) is 0 Å². The second-order valence-corrected chi connectivity index (χ2v) is 2.45. The Morgan fingerprint density at radius 1 is 1.18 bits per heavy atom. The number of rotatable bonds is 0. The van der Waals surface area contributed by atoms with Crippen LogP contribution in [0.15, 0.2) is 0 Å². The quantitative estimate of drug-likeness (QED) is 0.451. The van der Waals surface area contributed by atoms with Gasteiger partial charge in [0, 0.05) is 37.2 Å². The first-order chi connectivity index (χ1) is 4.63. The van der Waals surface area contributed by atoms with E-state index < -0.39 is 24.4 Å². The van der Waals surface area contributed by atoms with Gasteiger partial charge in [0.05, 0.1) is 6.10 Å². The Balaban J connectivity index is 0.000001000. The molecular weight excluding hydrogens is 374 g/mol. The Morgan fingerprint density at radius 2 is 1.73 bits per heavy atom. The maximum atomic E-state index is 9.06. The molecule has 1 fully saturated rings. The van der Waals surface area contributed by atoms with Gasteiger partial charge in [-0.2, -0.15) is 6.61 Å². The third-order valence-corrected chi connectivity index (χ3v) is 1.61. The van der Waals surface area contributed by atoms with Crippen molar-refractivity contribution in [3.63, 3.8) is 0 Å². The molecular formula is C6H11O4U-. The molecule has 0 spiro atoms. The average molecular weight is 385 g/mol. The summed E-state index contributed by atoms with van der Waals surface area (Å²) in [4.78, 5) is 0. The summed E-state index contributed by atoms with van der Waals surface area (Å²) in [5, 5.41) is 26.9. The van der Waals surface area contributed by atoms with Crippen LogP contribution in [0.1, 0.15) is 6.92 Å². The maximum absolute atomic E-state index is 9.06. The first-order valence-corrected chi connectivity index (χ1v) is 3.16. The summed E-state index contributed by atoms with van der Waals surface area (Å²) in [5.41, 5.74) is 0. The first-order valence-electron chi connectivity index (χ1n) is 3.16. The largest absolute Gasteiger partial charge is 0.545 e. The number of aliphatic hydroxyl groups excluding tert-OH is 3. The molecule has 0 amide bonds. The van der Waals surface area contributed by atoms with Gasteiger partial charge in [0.2, 0.25) is 0 Å². The van der Waals surface area contributed by atoms with E-state index in [-0.39, 0.29) is 31.1 Å². The third-order valence-electron chi connectivity index (χ3n) is 1.61. The molecule has 4 nitrogen and oxygen atoms in total. The van der Waals surface area contributed by atoms with Gasteiger partial charge in [-0.3, -0.25) is 0 Å². The number of ether oxygens (including phenoxy) is 1. The minimum atomic E-state index is -1.12. The number of aliphatic hydroxyl groups is 3. The second kappa shape index (κ2) is 4.81. The Bertz CT molecular complexity index is 107. The van der Waals surface area contributed by atoms with Crippen molar-refractivity contribution in [1.29, 1.82) is 0 Å². The number of hydrogen-bond acceptors (Lipinski definition) is 4. The molecule has 0 radical (unpaired) electrons. The fourth-order valence-electron chi connectivity index (χ4n) is 0.845. The summed E-state index contributed by atoms with van der Waals surface area (Å²) in [5.74, 6) is 0. The van der Waals surface area contributed by atoms with Crippen molar-refractivity contribution in [2.24, 2.45) is 0 Å². The van der Waals surface area contributed by atoms with E-state index in [0.717, 1.165) is 6.61 Å². The minimum absolute atomic E-state index is 0. The molecule has 0 bridgehead atoms. The summed E-state index contributed by atoms with van der Waals surface area (Å²) in [6.07, 6.45) is -3.65. The van der Waals surface area contributed by atoms with Crippen LogP contribution in [0.3, 0.4) is 0 Å². The second-order valence-electron chi connectivity index (χ2n) is 2.45. The topological polar surface area (TPSA) is 69.9 Å². The van der Waals surface area contributed by atoms with Crippen molar-refractivity contribution in [2.45, 2.75) is 31.3 Å². The molecule has 4 atom stereocenters. The zero-order chi connectivity index (χ0) is 7.72. The van der Waals surface area contributed by atoms with Crippen LogP contribution in [0.4, 0.5) is 0 Å². The van der Waals surface area contributed by atoms with Crippen molar-refractivity contribution >= 4 is 0 Å².